The van der Waals surface area contributed by atoms with E-state index in [4.69, 9.17) is 20.9 Å². The first-order valence-electron chi connectivity index (χ1n) is 6.35. The second kappa shape index (κ2) is 7.32. The van der Waals surface area contributed by atoms with Crippen LogP contribution < -0.4 is 15.4 Å². The number of benzene rings is 2. The first-order chi connectivity index (χ1) is 10.8. The molecule has 0 fully saturated rings. The summed E-state index contributed by atoms with van der Waals surface area (Å²) in [5.74, 6) is 0.548. The van der Waals surface area contributed by atoms with Gasteiger partial charge in [-0.25, -0.2) is 4.79 Å². The number of carbonyl (C=O) groups excluding carboxylic acids is 1. The lowest BCUT2D eigenvalue weighted by Gasteiger charge is -2.09. The SMILES string of the molecule is O=C(NCOc1ccc(Cl)cc1)Nc1ccc(S(=O)(=O)O)cc1. The van der Waals surface area contributed by atoms with Gasteiger partial charge in [0.15, 0.2) is 6.73 Å². The first kappa shape index (κ1) is 17.1. The number of carbonyl (C=O) groups is 1. The molecule has 0 radical (unpaired) electrons. The van der Waals surface area contributed by atoms with E-state index in [0.29, 0.717) is 16.5 Å². The summed E-state index contributed by atoms with van der Waals surface area (Å²) < 4.78 is 35.9. The predicted molar refractivity (Wildman–Crippen MR) is 85.4 cm³/mol. The van der Waals surface area contributed by atoms with E-state index in [9.17, 15) is 13.2 Å². The molecule has 0 saturated carbocycles. The van der Waals surface area contributed by atoms with E-state index in [2.05, 4.69) is 10.6 Å². The third-order valence-electron chi connectivity index (χ3n) is 2.70. The van der Waals surface area contributed by atoms with Crippen molar-refractivity contribution < 1.29 is 22.5 Å². The minimum atomic E-state index is -4.25. The Bertz CT molecular complexity index is 776. The number of hydrogen-bond acceptors (Lipinski definition) is 4. The highest BCUT2D eigenvalue weighted by Gasteiger charge is 2.09. The fourth-order valence-corrected chi connectivity index (χ4v) is 2.21. The lowest BCUT2D eigenvalue weighted by molar-refractivity contribution is 0.234. The molecule has 23 heavy (non-hydrogen) atoms. The summed E-state index contributed by atoms with van der Waals surface area (Å²) in [6, 6.07) is 11.2. The summed E-state index contributed by atoms with van der Waals surface area (Å²) in [5, 5.41) is 5.53. The molecule has 0 saturated heterocycles. The van der Waals surface area contributed by atoms with Crippen LogP contribution in [0.5, 0.6) is 5.75 Å². The van der Waals surface area contributed by atoms with Gasteiger partial charge in [-0.15, -0.1) is 0 Å². The van der Waals surface area contributed by atoms with E-state index in [1.165, 1.54) is 24.3 Å². The second-order valence-electron chi connectivity index (χ2n) is 4.37. The number of nitrogens with one attached hydrogen (secondary N) is 2. The minimum Gasteiger partial charge on any atom is -0.473 e. The zero-order chi connectivity index (χ0) is 16.9. The molecule has 0 bridgehead atoms. The van der Waals surface area contributed by atoms with Crippen LogP contribution >= 0.6 is 11.6 Å². The monoisotopic (exact) mass is 356 g/mol. The van der Waals surface area contributed by atoms with Crippen LogP contribution in [0.15, 0.2) is 53.4 Å². The smallest absolute Gasteiger partial charge is 0.321 e. The maximum absolute atomic E-state index is 11.6. The molecule has 0 aliphatic heterocycles. The van der Waals surface area contributed by atoms with Crippen molar-refractivity contribution in [2.45, 2.75) is 4.90 Å². The molecule has 0 aliphatic carbocycles. The molecule has 7 nitrogen and oxygen atoms in total. The summed E-state index contributed by atoms with van der Waals surface area (Å²) in [5.41, 5.74) is 0.362. The number of halogens is 1. The van der Waals surface area contributed by atoms with Crippen molar-refractivity contribution >= 4 is 33.4 Å². The molecule has 0 spiro atoms. The highest BCUT2D eigenvalue weighted by Crippen LogP contribution is 2.15. The molecule has 9 heteroatoms. The fraction of sp³-hybridized carbons (Fsp3) is 0.0714. The van der Waals surface area contributed by atoms with E-state index in [1.54, 1.807) is 24.3 Å². The van der Waals surface area contributed by atoms with Crippen LogP contribution in [0.25, 0.3) is 0 Å². The van der Waals surface area contributed by atoms with Crippen molar-refractivity contribution in [1.82, 2.24) is 5.32 Å². The van der Waals surface area contributed by atoms with Crippen molar-refractivity contribution in [1.29, 1.82) is 0 Å². The molecule has 2 rings (SSSR count). The van der Waals surface area contributed by atoms with Crippen LogP contribution in [-0.2, 0) is 10.1 Å². The average molecular weight is 357 g/mol. The van der Waals surface area contributed by atoms with Crippen molar-refractivity contribution in [3.63, 3.8) is 0 Å². The Balaban J connectivity index is 1.81. The van der Waals surface area contributed by atoms with Crippen LogP contribution in [0.2, 0.25) is 5.02 Å². The number of anilines is 1. The highest BCUT2D eigenvalue weighted by molar-refractivity contribution is 7.85. The van der Waals surface area contributed by atoms with Crippen LogP contribution in [-0.4, -0.2) is 25.7 Å². The fourth-order valence-electron chi connectivity index (χ4n) is 1.60. The van der Waals surface area contributed by atoms with Crippen LogP contribution in [0.3, 0.4) is 0 Å². The molecule has 2 aromatic carbocycles. The van der Waals surface area contributed by atoms with Crippen LogP contribution in [0.1, 0.15) is 0 Å². The van der Waals surface area contributed by atoms with E-state index in [1.807, 2.05) is 0 Å². The summed E-state index contributed by atoms with van der Waals surface area (Å²) >= 11 is 5.74. The zero-order valence-electron chi connectivity index (χ0n) is 11.7. The number of ether oxygens (including phenoxy) is 1. The molecule has 122 valence electrons. The van der Waals surface area contributed by atoms with Gasteiger partial charge in [0.1, 0.15) is 5.75 Å². The van der Waals surface area contributed by atoms with Gasteiger partial charge in [0.25, 0.3) is 10.1 Å². The van der Waals surface area contributed by atoms with Crippen molar-refractivity contribution in [3.05, 3.63) is 53.6 Å². The largest absolute Gasteiger partial charge is 0.473 e. The Morgan fingerprint density at radius 2 is 1.70 bits per heavy atom. The Morgan fingerprint density at radius 1 is 1.09 bits per heavy atom. The van der Waals surface area contributed by atoms with Gasteiger partial charge >= 0.3 is 6.03 Å². The van der Waals surface area contributed by atoms with E-state index < -0.39 is 16.1 Å². The van der Waals surface area contributed by atoms with Crippen LogP contribution in [0, 0.1) is 0 Å². The topological polar surface area (TPSA) is 105 Å². The van der Waals surface area contributed by atoms with Crippen molar-refractivity contribution in [2.75, 3.05) is 12.0 Å². The molecule has 0 aromatic heterocycles. The third kappa shape index (κ3) is 5.44. The molecule has 0 atom stereocenters. The molecule has 2 aromatic rings. The Kier molecular flexibility index (Phi) is 5.43. The maximum atomic E-state index is 11.6. The van der Waals surface area contributed by atoms with Gasteiger partial charge in [-0.05, 0) is 48.5 Å². The summed E-state index contributed by atoms with van der Waals surface area (Å²) in [4.78, 5) is 11.4. The van der Waals surface area contributed by atoms with E-state index in [0.717, 1.165) is 0 Å². The number of amides is 2. The molecule has 0 unspecified atom stereocenters. The number of urea groups is 1. The predicted octanol–water partition coefficient (Wildman–Crippen LogP) is 2.74. The molecule has 3 N–H and O–H groups in total. The lowest BCUT2D eigenvalue weighted by Crippen LogP contribution is -2.32. The van der Waals surface area contributed by atoms with E-state index in [-0.39, 0.29) is 11.6 Å². The highest BCUT2D eigenvalue weighted by atomic mass is 35.5. The van der Waals surface area contributed by atoms with E-state index >= 15 is 0 Å². The summed E-state index contributed by atoms with van der Waals surface area (Å²) in [6.45, 7) is -0.0590. The quantitative estimate of drug-likeness (QED) is 0.564. The lowest BCUT2D eigenvalue weighted by atomic mass is 10.3. The standard InChI is InChI=1S/C14H13ClN2O5S/c15-10-1-5-12(6-2-10)22-9-16-14(18)17-11-3-7-13(8-4-11)23(19,20)21/h1-8H,9H2,(H2,16,17,18)(H,19,20,21). The molecule has 0 aliphatic rings. The molecular weight excluding hydrogens is 344 g/mol. The van der Waals surface area contributed by atoms with Gasteiger partial charge in [-0.3, -0.25) is 4.55 Å². The summed E-state index contributed by atoms with van der Waals surface area (Å²) in [6.07, 6.45) is 0. The molecular formula is C14H13ClN2O5S. The summed E-state index contributed by atoms with van der Waals surface area (Å²) in [7, 11) is -4.25. The number of rotatable bonds is 5. The van der Waals surface area contributed by atoms with Gasteiger partial charge in [0.2, 0.25) is 0 Å². The van der Waals surface area contributed by atoms with Crippen LogP contribution in [0.4, 0.5) is 10.5 Å². The normalized spacial score (nSPS) is 10.9. The minimum absolute atomic E-state index is 0.0590. The average Bonchev–Trinajstić information content (AvgIpc) is 2.49. The number of hydrogen-bond donors (Lipinski definition) is 3. The van der Waals surface area contributed by atoms with Gasteiger partial charge in [-0.1, -0.05) is 11.6 Å². The maximum Gasteiger partial charge on any atom is 0.321 e. The Hall–Kier alpha value is -2.29. The zero-order valence-corrected chi connectivity index (χ0v) is 13.3. The van der Waals surface area contributed by atoms with Gasteiger partial charge in [-0.2, -0.15) is 8.42 Å². The van der Waals surface area contributed by atoms with Crippen molar-refractivity contribution in [2.24, 2.45) is 0 Å². The first-order valence-corrected chi connectivity index (χ1v) is 8.17. The van der Waals surface area contributed by atoms with Gasteiger partial charge < -0.3 is 15.4 Å². The molecule has 0 heterocycles. The second-order valence-corrected chi connectivity index (χ2v) is 6.23. The van der Waals surface area contributed by atoms with Crippen molar-refractivity contribution in [3.8, 4) is 5.75 Å². The molecule has 2 amide bonds. The van der Waals surface area contributed by atoms with Gasteiger partial charge in [0, 0.05) is 10.7 Å². The van der Waals surface area contributed by atoms with Gasteiger partial charge in [0.05, 0.1) is 4.90 Å². The Labute approximate surface area is 138 Å². The third-order valence-corrected chi connectivity index (χ3v) is 3.82. The Morgan fingerprint density at radius 3 is 2.26 bits per heavy atom.